The third-order valence-corrected chi connectivity index (χ3v) is 6.03. The molecule has 1 N–H and O–H groups in total. The summed E-state index contributed by atoms with van der Waals surface area (Å²) in [7, 11) is 0. The minimum Gasteiger partial charge on any atom is -0.389 e. The first-order valence-corrected chi connectivity index (χ1v) is 8.04. The molecule has 1 nitrogen and oxygen atoms in total. The molecule has 0 aliphatic heterocycles. The zero-order chi connectivity index (χ0) is 11.7. The maximum Gasteiger partial charge on any atom is 0.0731 e. The van der Waals surface area contributed by atoms with Crippen LogP contribution in [0.4, 0.5) is 0 Å². The Morgan fingerprint density at radius 2 is 0.765 bits per heavy atom. The normalized spacial score (nSPS) is 29.5. The number of rotatable bonds is 3. The highest BCUT2D eigenvalue weighted by molar-refractivity contribution is 5.01. The first kappa shape index (κ1) is 12.0. The fourth-order valence-electron chi connectivity index (χ4n) is 5.16. The van der Waals surface area contributed by atoms with E-state index in [1.165, 1.54) is 77.0 Å². The van der Waals surface area contributed by atoms with E-state index >= 15 is 0 Å². The second-order valence-corrected chi connectivity index (χ2v) is 6.83. The Labute approximate surface area is 106 Å². The van der Waals surface area contributed by atoms with Crippen LogP contribution in [0.2, 0.25) is 0 Å². The van der Waals surface area contributed by atoms with Crippen molar-refractivity contribution >= 4 is 0 Å². The molecule has 3 fully saturated rings. The molecule has 0 aromatic rings. The molecule has 1 heteroatoms. The summed E-state index contributed by atoms with van der Waals surface area (Å²) in [6.45, 7) is 0. The van der Waals surface area contributed by atoms with Gasteiger partial charge in [0.1, 0.15) is 0 Å². The van der Waals surface area contributed by atoms with E-state index in [1.807, 2.05) is 0 Å². The van der Waals surface area contributed by atoms with Crippen molar-refractivity contribution in [3.05, 3.63) is 0 Å². The SMILES string of the molecule is OC(C1CCCC1)(C1CCCC1)C1CCCC1. The Balaban J connectivity index is 1.81. The van der Waals surface area contributed by atoms with E-state index in [0.29, 0.717) is 17.8 Å². The van der Waals surface area contributed by atoms with Gasteiger partial charge >= 0.3 is 0 Å². The predicted molar refractivity (Wildman–Crippen MR) is 70.8 cm³/mol. The fraction of sp³-hybridized carbons (Fsp3) is 1.00. The van der Waals surface area contributed by atoms with Crippen molar-refractivity contribution in [2.45, 2.75) is 82.7 Å². The molecule has 98 valence electrons. The van der Waals surface area contributed by atoms with E-state index in [4.69, 9.17) is 0 Å². The van der Waals surface area contributed by atoms with Gasteiger partial charge in [-0.25, -0.2) is 0 Å². The van der Waals surface area contributed by atoms with Crippen LogP contribution in [-0.2, 0) is 0 Å². The van der Waals surface area contributed by atoms with Crippen LogP contribution >= 0.6 is 0 Å². The molecule has 0 aromatic heterocycles. The summed E-state index contributed by atoms with van der Waals surface area (Å²) in [5.41, 5.74) is -0.260. The smallest absolute Gasteiger partial charge is 0.0731 e. The summed E-state index contributed by atoms with van der Waals surface area (Å²) >= 11 is 0. The molecule has 0 heterocycles. The quantitative estimate of drug-likeness (QED) is 0.775. The molecule has 3 saturated carbocycles. The van der Waals surface area contributed by atoms with Crippen molar-refractivity contribution in [2.75, 3.05) is 0 Å². The minimum atomic E-state index is -0.260. The van der Waals surface area contributed by atoms with Crippen LogP contribution in [0.1, 0.15) is 77.0 Å². The molecule has 17 heavy (non-hydrogen) atoms. The number of hydrogen-bond acceptors (Lipinski definition) is 1. The van der Waals surface area contributed by atoms with Gasteiger partial charge in [0.15, 0.2) is 0 Å². The lowest BCUT2D eigenvalue weighted by molar-refractivity contribution is -0.111. The minimum absolute atomic E-state index is 0.260. The molecule has 3 rings (SSSR count). The van der Waals surface area contributed by atoms with Crippen LogP contribution in [0.25, 0.3) is 0 Å². The van der Waals surface area contributed by atoms with Gasteiger partial charge in [-0.1, -0.05) is 38.5 Å². The van der Waals surface area contributed by atoms with E-state index < -0.39 is 0 Å². The van der Waals surface area contributed by atoms with Gasteiger partial charge < -0.3 is 5.11 Å². The standard InChI is InChI=1S/C16H28O/c17-16(13-7-1-2-8-13,14-9-3-4-10-14)15-11-5-6-12-15/h13-15,17H,1-12H2. The summed E-state index contributed by atoms with van der Waals surface area (Å²) in [6.07, 6.45) is 16.1. The van der Waals surface area contributed by atoms with E-state index in [-0.39, 0.29) is 5.60 Å². The topological polar surface area (TPSA) is 20.2 Å². The Hall–Kier alpha value is -0.0400. The Bertz CT molecular complexity index is 201. The van der Waals surface area contributed by atoms with E-state index in [1.54, 1.807) is 0 Å². The summed E-state index contributed by atoms with van der Waals surface area (Å²) in [4.78, 5) is 0. The van der Waals surface area contributed by atoms with Gasteiger partial charge in [-0.05, 0) is 56.3 Å². The van der Waals surface area contributed by atoms with E-state index in [2.05, 4.69) is 0 Å². The van der Waals surface area contributed by atoms with Crippen LogP contribution in [0.3, 0.4) is 0 Å². The largest absolute Gasteiger partial charge is 0.389 e. The van der Waals surface area contributed by atoms with Crippen molar-refractivity contribution < 1.29 is 5.11 Å². The van der Waals surface area contributed by atoms with Gasteiger partial charge in [-0.2, -0.15) is 0 Å². The van der Waals surface area contributed by atoms with Crippen LogP contribution in [0, 0.1) is 17.8 Å². The van der Waals surface area contributed by atoms with Crippen molar-refractivity contribution in [1.82, 2.24) is 0 Å². The van der Waals surface area contributed by atoms with Gasteiger partial charge in [0.25, 0.3) is 0 Å². The second kappa shape index (κ2) is 4.91. The maximum absolute atomic E-state index is 11.5. The highest BCUT2D eigenvalue weighted by Crippen LogP contribution is 2.52. The van der Waals surface area contributed by atoms with Gasteiger partial charge in [0.05, 0.1) is 5.60 Å². The molecule has 0 amide bonds. The highest BCUT2D eigenvalue weighted by atomic mass is 16.3. The average molecular weight is 236 g/mol. The van der Waals surface area contributed by atoms with Crippen LogP contribution < -0.4 is 0 Å². The van der Waals surface area contributed by atoms with Crippen LogP contribution in [0.15, 0.2) is 0 Å². The molecule has 0 unspecified atom stereocenters. The van der Waals surface area contributed by atoms with E-state index in [0.717, 1.165) is 0 Å². The number of aliphatic hydroxyl groups is 1. The molecule has 0 atom stereocenters. The van der Waals surface area contributed by atoms with Gasteiger partial charge in [-0.3, -0.25) is 0 Å². The molecular weight excluding hydrogens is 208 g/mol. The third-order valence-electron chi connectivity index (χ3n) is 6.03. The zero-order valence-corrected chi connectivity index (χ0v) is 11.2. The summed E-state index contributed by atoms with van der Waals surface area (Å²) < 4.78 is 0. The second-order valence-electron chi connectivity index (χ2n) is 6.83. The molecular formula is C16H28O. The van der Waals surface area contributed by atoms with Crippen molar-refractivity contribution in [3.8, 4) is 0 Å². The lowest BCUT2D eigenvalue weighted by atomic mass is 9.67. The van der Waals surface area contributed by atoms with Gasteiger partial charge in [0, 0.05) is 0 Å². The summed E-state index contributed by atoms with van der Waals surface area (Å²) in [6, 6.07) is 0. The molecule has 3 aliphatic rings. The Morgan fingerprint density at radius 3 is 1.00 bits per heavy atom. The van der Waals surface area contributed by atoms with E-state index in [9.17, 15) is 5.11 Å². The third kappa shape index (κ3) is 2.05. The van der Waals surface area contributed by atoms with Crippen molar-refractivity contribution in [2.24, 2.45) is 17.8 Å². The molecule has 0 spiro atoms. The van der Waals surface area contributed by atoms with Crippen molar-refractivity contribution in [1.29, 1.82) is 0 Å². The van der Waals surface area contributed by atoms with Gasteiger partial charge in [-0.15, -0.1) is 0 Å². The Morgan fingerprint density at radius 1 is 0.529 bits per heavy atom. The maximum atomic E-state index is 11.5. The lowest BCUT2D eigenvalue weighted by Crippen LogP contribution is -2.49. The number of hydrogen-bond donors (Lipinski definition) is 1. The summed E-state index contributed by atoms with van der Waals surface area (Å²) in [5, 5.41) is 11.5. The molecule has 0 aromatic carbocycles. The first-order valence-electron chi connectivity index (χ1n) is 8.04. The highest BCUT2D eigenvalue weighted by Gasteiger charge is 2.50. The Kier molecular flexibility index (Phi) is 3.47. The molecule has 0 radical (unpaired) electrons. The average Bonchev–Trinajstić information content (AvgIpc) is 3.10. The molecule has 0 saturated heterocycles. The lowest BCUT2D eigenvalue weighted by Gasteiger charge is -2.44. The summed E-state index contributed by atoms with van der Waals surface area (Å²) in [5.74, 6) is 1.94. The van der Waals surface area contributed by atoms with Crippen LogP contribution in [-0.4, -0.2) is 10.7 Å². The van der Waals surface area contributed by atoms with Crippen LogP contribution in [0.5, 0.6) is 0 Å². The first-order chi connectivity index (χ1) is 8.32. The monoisotopic (exact) mass is 236 g/mol. The fourth-order valence-corrected chi connectivity index (χ4v) is 5.16. The predicted octanol–water partition coefficient (Wildman–Crippen LogP) is 4.29. The zero-order valence-electron chi connectivity index (χ0n) is 11.2. The van der Waals surface area contributed by atoms with Crippen molar-refractivity contribution in [3.63, 3.8) is 0 Å². The molecule has 0 bridgehead atoms. The molecule has 3 aliphatic carbocycles. The van der Waals surface area contributed by atoms with Gasteiger partial charge in [0.2, 0.25) is 0 Å².